The number of rotatable bonds is 9. The van der Waals surface area contributed by atoms with Gasteiger partial charge in [0.2, 0.25) is 0 Å². The van der Waals surface area contributed by atoms with Gasteiger partial charge in [-0.05, 0) is 23.3 Å². The zero-order valence-electron chi connectivity index (χ0n) is 18.4. The molecule has 0 bridgehead atoms. The third-order valence-corrected chi connectivity index (χ3v) is 8.28. The summed E-state index contributed by atoms with van der Waals surface area (Å²) >= 11 is 0. The van der Waals surface area contributed by atoms with E-state index in [9.17, 15) is 19.8 Å². The largest absolute Gasteiger partial charge is 0.380 e. The number of aliphatic hydroxyl groups excluding tert-OH is 1. The Morgan fingerprint density at radius 1 is 0.941 bits per heavy atom. The SMILES string of the molecule is O=[N+]([O-])c1ccc(P2(=O)OC(COCc3ccccc3)CC(OCc3ccccc3)C2O)cc1. The van der Waals surface area contributed by atoms with Crippen LogP contribution in [-0.2, 0) is 31.8 Å². The lowest BCUT2D eigenvalue weighted by Gasteiger charge is -2.39. The second-order valence-electron chi connectivity index (χ2n) is 8.08. The number of hydrogen-bond acceptors (Lipinski definition) is 7. The van der Waals surface area contributed by atoms with Crippen LogP contribution < -0.4 is 5.30 Å². The maximum absolute atomic E-state index is 13.9. The Balaban J connectivity index is 1.51. The van der Waals surface area contributed by atoms with Gasteiger partial charge in [0, 0.05) is 23.9 Å². The van der Waals surface area contributed by atoms with Gasteiger partial charge in [0.1, 0.15) is 0 Å². The molecule has 1 N–H and O–H groups in total. The van der Waals surface area contributed by atoms with Crippen molar-refractivity contribution in [1.29, 1.82) is 0 Å². The van der Waals surface area contributed by atoms with Gasteiger partial charge >= 0.3 is 0 Å². The highest BCUT2D eigenvalue weighted by Crippen LogP contribution is 2.56. The van der Waals surface area contributed by atoms with Crippen molar-refractivity contribution < 1.29 is 28.6 Å². The van der Waals surface area contributed by atoms with Crippen molar-refractivity contribution in [1.82, 2.24) is 0 Å². The molecule has 1 saturated heterocycles. The van der Waals surface area contributed by atoms with Crippen molar-refractivity contribution in [3.63, 3.8) is 0 Å². The van der Waals surface area contributed by atoms with Crippen LogP contribution >= 0.6 is 7.37 Å². The van der Waals surface area contributed by atoms with Gasteiger partial charge in [0.15, 0.2) is 5.85 Å². The molecule has 0 saturated carbocycles. The zero-order valence-corrected chi connectivity index (χ0v) is 19.3. The lowest BCUT2D eigenvalue weighted by molar-refractivity contribution is -0.384. The predicted molar refractivity (Wildman–Crippen MR) is 127 cm³/mol. The fraction of sp³-hybridized carbons (Fsp3) is 0.280. The Hall–Kier alpha value is -2.87. The van der Waals surface area contributed by atoms with Crippen molar-refractivity contribution in [2.24, 2.45) is 0 Å². The first-order valence-corrected chi connectivity index (χ1v) is 12.6. The van der Waals surface area contributed by atoms with E-state index in [1.165, 1.54) is 24.3 Å². The van der Waals surface area contributed by atoms with Crippen LogP contribution in [-0.4, -0.2) is 34.7 Å². The van der Waals surface area contributed by atoms with Crippen molar-refractivity contribution in [2.45, 2.75) is 37.7 Å². The summed E-state index contributed by atoms with van der Waals surface area (Å²) < 4.78 is 31.7. The van der Waals surface area contributed by atoms with E-state index in [1.807, 2.05) is 60.7 Å². The minimum Gasteiger partial charge on any atom is -0.380 e. The second kappa shape index (κ2) is 11.0. The smallest absolute Gasteiger partial charge is 0.269 e. The zero-order chi connectivity index (χ0) is 24.0. The number of ether oxygens (including phenoxy) is 2. The van der Waals surface area contributed by atoms with E-state index >= 15 is 0 Å². The van der Waals surface area contributed by atoms with Crippen molar-refractivity contribution in [3.8, 4) is 0 Å². The molecular weight excluding hydrogens is 457 g/mol. The quantitative estimate of drug-likeness (QED) is 0.273. The van der Waals surface area contributed by atoms with Gasteiger partial charge in [0.05, 0.1) is 37.0 Å². The van der Waals surface area contributed by atoms with Crippen LogP contribution in [0.3, 0.4) is 0 Å². The third kappa shape index (κ3) is 5.78. The highest BCUT2D eigenvalue weighted by molar-refractivity contribution is 7.67. The molecule has 1 fully saturated rings. The molecule has 178 valence electrons. The van der Waals surface area contributed by atoms with Crippen molar-refractivity contribution in [3.05, 3.63) is 106 Å². The molecule has 3 aromatic rings. The molecule has 0 aliphatic carbocycles. The van der Waals surface area contributed by atoms with E-state index in [1.54, 1.807) is 0 Å². The summed E-state index contributed by atoms with van der Waals surface area (Å²) in [6.07, 6.45) is -1.06. The van der Waals surface area contributed by atoms with Gasteiger partial charge in [-0.25, -0.2) is 0 Å². The molecular formula is C25H26NO7P. The molecule has 34 heavy (non-hydrogen) atoms. The van der Waals surface area contributed by atoms with Gasteiger partial charge in [-0.15, -0.1) is 0 Å². The summed E-state index contributed by atoms with van der Waals surface area (Å²) in [6, 6.07) is 24.4. The third-order valence-electron chi connectivity index (χ3n) is 5.62. The number of aliphatic hydroxyl groups is 1. The van der Waals surface area contributed by atoms with Crippen LogP contribution in [0.4, 0.5) is 5.69 Å². The molecule has 1 heterocycles. The Kier molecular flexibility index (Phi) is 7.88. The Morgan fingerprint density at radius 2 is 1.53 bits per heavy atom. The van der Waals surface area contributed by atoms with Crippen LogP contribution in [0.2, 0.25) is 0 Å². The first-order chi connectivity index (χ1) is 16.5. The van der Waals surface area contributed by atoms with Crippen LogP contribution in [0.5, 0.6) is 0 Å². The number of nitrogens with zero attached hydrogens (tertiary/aromatic N) is 1. The molecule has 4 atom stereocenters. The average Bonchev–Trinajstić information content (AvgIpc) is 2.86. The molecule has 4 unspecified atom stereocenters. The first kappa shape index (κ1) is 24.3. The molecule has 0 spiro atoms. The van der Waals surface area contributed by atoms with Crippen LogP contribution in [0.15, 0.2) is 84.9 Å². The first-order valence-electron chi connectivity index (χ1n) is 10.9. The minimum absolute atomic E-state index is 0.138. The summed E-state index contributed by atoms with van der Waals surface area (Å²) in [7, 11) is -3.82. The molecule has 0 amide bonds. The molecule has 9 heteroatoms. The van der Waals surface area contributed by atoms with E-state index in [4.69, 9.17) is 14.0 Å². The summed E-state index contributed by atoms with van der Waals surface area (Å²) in [6.45, 7) is 0.755. The summed E-state index contributed by atoms with van der Waals surface area (Å²) in [5.74, 6) is -1.41. The molecule has 1 aliphatic rings. The average molecular weight is 483 g/mol. The Morgan fingerprint density at radius 3 is 2.12 bits per heavy atom. The predicted octanol–water partition coefficient (Wildman–Crippen LogP) is 4.41. The standard InChI is InChI=1S/C25H26NO7P/c27-25-24(32-17-20-9-5-2-6-10-20)15-22(18-31-16-19-7-3-1-4-8-19)33-34(25,30)23-13-11-21(12-14-23)26(28)29/h1-14,22,24-25,27H,15-18H2. The Labute approximate surface area is 197 Å². The van der Waals surface area contributed by atoms with Crippen LogP contribution in [0.25, 0.3) is 0 Å². The van der Waals surface area contributed by atoms with Gasteiger partial charge in [0.25, 0.3) is 13.1 Å². The highest BCUT2D eigenvalue weighted by atomic mass is 31.2. The van der Waals surface area contributed by atoms with Gasteiger partial charge < -0.3 is 19.1 Å². The highest BCUT2D eigenvalue weighted by Gasteiger charge is 2.48. The summed E-state index contributed by atoms with van der Waals surface area (Å²) in [5, 5.41) is 22.2. The lowest BCUT2D eigenvalue weighted by atomic mass is 10.1. The molecule has 0 aromatic heterocycles. The fourth-order valence-electron chi connectivity index (χ4n) is 3.83. The normalized spacial score (nSPS) is 24.6. The van der Waals surface area contributed by atoms with E-state index in [2.05, 4.69) is 0 Å². The molecule has 4 rings (SSSR count). The summed E-state index contributed by atoms with van der Waals surface area (Å²) in [4.78, 5) is 10.5. The van der Waals surface area contributed by atoms with Crippen molar-refractivity contribution in [2.75, 3.05) is 6.61 Å². The monoisotopic (exact) mass is 483 g/mol. The Bertz CT molecular complexity index is 1130. The van der Waals surface area contributed by atoms with Gasteiger partial charge in [-0.1, -0.05) is 60.7 Å². The second-order valence-corrected chi connectivity index (χ2v) is 10.5. The maximum Gasteiger partial charge on any atom is 0.269 e. The molecule has 1 aliphatic heterocycles. The number of benzene rings is 3. The van der Waals surface area contributed by atoms with Crippen LogP contribution in [0, 0.1) is 10.1 Å². The number of nitro groups is 1. The van der Waals surface area contributed by atoms with E-state index < -0.39 is 30.3 Å². The molecule has 3 aromatic carbocycles. The van der Waals surface area contributed by atoms with Gasteiger partial charge in [-0.2, -0.15) is 0 Å². The number of nitro benzene ring substituents is 1. The molecule has 8 nitrogen and oxygen atoms in total. The topological polar surface area (TPSA) is 108 Å². The van der Waals surface area contributed by atoms with Crippen LogP contribution in [0.1, 0.15) is 17.5 Å². The lowest BCUT2D eigenvalue weighted by Crippen LogP contribution is -2.43. The van der Waals surface area contributed by atoms with E-state index in [0.29, 0.717) is 13.0 Å². The molecule has 0 radical (unpaired) electrons. The van der Waals surface area contributed by atoms with Crippen molar-refractivity contribution >= 4 is 18.4 Å². The number of hydrogen-bond donors (Lipinski definition) is 1. The van der Waals surface area contributed by atoms with E-state index in [0.717, 1.165) is 11.1 Å². The minimum atomic E-state index is -3.82. The van der Waals surface area contributed by atoms with E-state index in [-0.39, 0.29) is 24.2 Å². The van der Waals surface area contributed by atoms with Gasteiger partial charge in [-0.3, -0.25) is 14.7 Å². The fourth-order valence-corrected chi connectivity index (χ4v) is 6.19. The maximum atomic E-state index is 13.9. The summed E-state index contributed by atoms with van der Waals surface area (Å²) in [5.41, 5.74) is 1.78. The number of non-ortho nitro benzene ring substituents is 1.